The summed E-state index contributed by atoms with van der Waals surface area (Å²) >= 11 is 0. The van der Waals surface area contributed by atoms with Crippen LogP contribution in [0.4, 0.5) is 17.2 Å². The molecule has 4 heteroatoms. The van der Waals surface area contributed by atoms with E-state index in [0.29, 0.717) is 11.4 Å². The fourth-order valence-corrected chi connectivity index (χ4v) is 2.32. The number of benzene rings is 2. The van der Waals surface area contributed by atoms with E-state index in [2.05, 4.69) is 22.5 Å². The Bertz CT molecular complexity index is 840. The third-order valence-corrected chi connectivity index (χ3v) is 3.63. The summed E-state index contributed by atoms with van der Waals surface area (Å²) in [4.78, 5) is 16.5. The quantitative estimate of drug-likeness (QED) is 0.733. The first-order valence-corrected chi connectivity index (χ1v) is 7.78. The molecule has 0 spiro atoms. The second-order valence-electron chi connectivity index (χ2n) is 5.75. The molecule has 0 unspecified atom stereocenters. The van der Waals surface area contributed by atoms with Crippen molar-refractivity contribution >= 4 is 23.1 Å². The smallest absolute Gasteiger partial charge is 0.256 e. The minimum atomic E-state index is -0.162. The van der Waals surface area contributed by atoms with Gasteiger partial charge in [-0.3, -0.25) is 4.79 Å². The van der Waals surface area contributed by atoms with Gasteiger partial charge < -0.3 is 10.6 Å². The summed E-state index contributed by atoms with van der Waals surface area (Å²) in [5, 5.41) is 6.08. The molecule has 0 atom stereocenters. The number of hydrogen-bond donors (Lipinski definition) is 2. The van der Waals surface area contributed by atoms with E-state index < -0.39 is 0 Å². The summed E-state index contributed by atoms with van der Waals surface area (Å²) in [7, 11) is 0. The van der Waals surface area contributed by atoms with E-state index in [-0.39, 0.29) is 5.91 Å². The third kappa shape index (κ3) is 3.98. The van der Waals surface area contributed by atoms with E-state index in [4.69, 9.17) is 0 Å². The van der Waals surface area contributed by atoms with Gasteiger partial charge in [0, 0.05) is 11.3 Å². The Morgan fingerprint density at radius 2 is 1.62 bits per heavy atom. The predicted molar refractivity (Wildman–Crippen MR) is 97.8 cm³/mol. The number of anilines is 3. The van der Waals surface area contributed by atoms with Crippen LogP contribution >= 0.6 is 0 Å². The Balaban J connectivity index is 1.66. The molecule has 1 heterocycles. The first-order chi connectivity index (χ1) is 11.6. The first-order valence-electron chi connectivity index (χ1n) is 7.78. The van der Waals surface area contributed by atoms with Crippen molar-refractivity contribution in [2.24, 2.45) is 0 Å². The molecule has 0 aliphatic heterocycles. The number of carbonyl (C=O) groups excluding carboxylic acids is 1. The van der Waals surface area contributed by atoms with Gasteiger partial charge in [-0.25, -0.2) is 4.98 Å². The number of hydrogen-bond acceptors (Lipinski definition) is 3. The number of nitrogens with zero attached hydrogens (tertiary/aromatic N) is 1. The average molecular weight is 317 g/mol. The second kappa shape index (κ2) is 6.96. The van der Waals surface area contributed by atoms with Crippen LogP contribution in [0.25, 0.3) is 0 Å². The van der Waals surface area contributed by atoms with Crippen molar-refractivity contribution in [3.05, 3.63) is 83.6 Å². The van der Waals surface area contributed by atoms with Crippen LogP contribution < -0.4 is 10.6 Å². The maximum Gasteiger partial charge on any atom is 0.256 e. The lowest BCUT2D eigenvalue weighted by molar-refractivity contribution is 0.102. The van der Waals surface area contributed by atoms with Gasteiger partial charge in [-0.15, -0.1) is 0 Å². The SMILES string of the molecule is Cc1ccc(Nc2ccc(NC(=O)c3cccc(C)c3)nc2)cc1. The van der Waals surface area contributed by atoms with Crippen molar-refractivity contribution in [1.29, 1.82) is 0 Å². The van der Waals surface area contributed by atoms with Crippen molar-refractivity contribution in [3.63, 3.8) is 0 Å². The van der Waals surface area contributed by atoms with E-state index in [1.54, 1.807) is 18.3 Å². The molecule has 4 nitrogen and oxygen atoms in total. The van der Waals surface area contributed by atoms with Crippen LogP contribution in [0.2, 0.25) is 0 Å². The number of pyridine rings is 1. The van der Waals surface area contributed by atoms with Gasteiger partial charge in [0.05, 0.1) is 11.9 Å². The fourth-order valence-electron chi connectivity index (χ4n) is 2.32. The lowest BCUT2D eigenvalue weighted by atomic mass is 10.1. The Kier molecular flexibility index (Phi) is 4.57. The number of aryl methyl sites for hydroxylation is 2. The average Bonchev–Trinajstić information content (AvgIpc) is 2.59. The molecular formula is C20H19N3O. The van der Waals surface area contributed by atoms with Gasteiger partial charge in [0.2, 0.25) is 0 Å². The van der Waals surface area contributed by atoms with Crippen molar-refractivity contribution in [2.75, 3.05) is 10.6 Å². The summed E-state index contributed by atoms with van der Waals surface area (Å²) < 4.78 is 0. The van der Waals surface area contributed by atoms with Gasteiger partial charge in [0.15, 0.2) is 0 Å². The zero-order valence-electron chi connectivity index (χ0n) is 13.7. The molecule has 0 aliphatic rings. The van der Waals surface area contributed by atoms with Crippen LogP contribution in [0, 0.1) is 13.8 Å². The standard InChI is InChI=1S/C20H19N3O/c1-14-6-8-17(9-7-14)22-18-10-11-19(21-13-18)23-20(24)16-5-3-4-15(2)12-16/h3-13,22H,1-2H3,(H,21,23,24). The Hall–Kier alpha value is -3.14. The highest BCUT2D eigenvalue weighted by Gasteiger charge is 2.06. The lowest BCUT2D eigenvalue weighted by Crippen LogP contribution is -2.13. The summed E-state index contributed by atoms with van der Waals surface area (Å²) in [5.41, 5.74) is 4.76. The normalized spacial score (nSPS) is 10.2. The summed E-state index contributed by atoms with van der Waals surface area (Å²) in [6.07, 6.45) is 1.70. The zero-order valence-corrected chi connectivity index (χ0v) is 13.7. The van der Waals surface area contributed by atoms with Gasteiger partial charge in [0.1, 0.15) is 5.82 Å². The third-order valence-electron chi connectivity index (χ3n) is 3.63. The molecule has 2 aromatic carbocycles. The highest BCUT2D eigenvalue weighted by molar-refractivity contribution is 6.03. The molecule has 3 rings (SSSR count). The van der Waals surface area contributed by atoms with E-state index in [1.165, 1.54) is 5.56 Å². The lowest BCUT2D eigenvalue weighted by Gasteiger charge is -2.08. The minimum Gasteiger partial charge on any atom is -0.354 e. The molecule has 3 aromatic rings. The number of rotatable bonds is 4. The van der Waals surface area contributed by atoms with Crippen molar-refractivity contribution in [2.45, 2.75) is 13.8 Å². The van der Waals surface area contributed by atoms with Gasteiger partial charge in [-0.1, -0.05) is 35.4 Å². The minimum absolute atomic E-state index is 0.162. The maximum absolute atomic E-state index is 12.2. The number of nitrogens with one attached hydrogen (secondary N) is 2. The topological polar surface area (TPSA) is 54.0 Å². The largest absolute Gasteiger partial charge is 0.354 e. The van der Waals surface area contributed by atoms with Crippen LogP contribution in [-0.4, -0.2) is 10.9 Å². The Labute approximate surface area is 141 Å². The zero-order chi connectivity index (χ0) is 16.9. The molecule has 1 amide bonds. The second-order valence-corrected chi connectivity index (χ2v) is 5.75. The Morgan fingerprint density at radius 1 is 0.875 bits per heavy atom. The van der Waals surface area contributed by atoms with Crippen LogP contribution in [0.3, 0.4) is 0 Å². The molecule has 1 aromatic heterocycles. The molecular weight excluding hydrogens is 298 g/mol. The predicted octanol–water partition coefficient (Wildman–Crippen LogP) is 4.69. The molecule has 24 heavy (non-hydrogen) atoms. The van der Waals surface area contributed by atoms with Crippen molar-refractivity contribution < 1.29 is 4.79 Å². The molecule has 0 radical (unpaired) electrons. The van der Waals surface area contributed by atoms with Crippen molar-refractivity contribution in [3.8, 4) is 0 Å². The van der Waals surface area contributed by atoms with Crippen LogP contribution in [0.15, 0.2) is 66.9 Å². The van der Waals surface area contributed by atoms with E-state index in [0.717, 1.165) is 16.9 Å². The highest BCUT2D eigenvalue weighted by Crippen LogP contribution is 2.18. The van der Waals surface area contributed by atoms with Gasteiger partial charge in [0.25, 0.3) is 5.91 Å². The van der Waals surface area contributed by atoms with Crippen molar-refractivity contribution in [1.82, 2.24) is 4.98 Å². The van der Waals surface area contributed by atoms with Gasteiger partial charge in [-0.05, 0) is 50.2 Å². The van der Waals surface area contributed by atoms with Gasteiger partial charge in [-0.2, -0.15) is 0 Å². The number of amides is 1. The first kappa shape index (κ1) is 15.7. The molecule has 0 aliphatic carbocycles. The van der Waals surface area contributed by atoms with Crippen LogP contribution in [0.1, 0.15) is 21.5 Å². The maximum atomic E-state index is 12.2. The summed E-state index contributed by atoms with van der Waals surface area (Å²) in [6.45, 7) is 4.01. The van der Waals surface area contributed by atoms with Gasteiger partial charge >= 0.3 is 0 Å². The molecule has 2 N–H and O–H groups in total. The summed E-state index contributed by atoms with van der Waals surface area (Å²) in [6, 6.07) is 19.3. The number of carbonyl (C=O) groups is 1. The molecule has 0 saturated carbocycles. The monoisotopic (exact) mass is 317 g/mol. The fraction of sp³-hybridized carbons (Fsp3) is 0.100. The molecule has 0 bridgehead atoms. The molecule has 120 valence electrons. The highest BCUT2D eigenvalue weighted by atomic mass is 16.1. The van der Waals surface area contributed by atoms with E-state index >= 15 is 0 Å². The van der Waals surface area contributed by atoms with E-state index in [9.17, 15) is 4.79 Å². The molecule has 0 fully saturated rings. The molecule has 0 saturated heterocycles. The van der Waals surface area contributed by atoms with E-state index in [1.807, 2.05) is 55.5 Å². The summed E-state index contributed by atoms with van der Waals surface area (Å²) in [5.74, 6) is 0.362. The van der Waals surface area contributed by atoms with Crippen LogP contribution in [0.5, 0.6) is 0 Å². The van der Waals surface area contributed by atoms with Crippen LogP contribution in [-0.2, 0) is 0 Å². The number of aromatic nitrogens is 1. The Morgan fingerprint density at radius 3 is 2.29 bits per heavy atom.